The Hall–Kier alpha value is -1.06. The molecule has 2 aliphatic rings. The SMILES string of the molecule is C=C1N=C(N)C=CN1[C@@H]1O[C@](CCF)(COP(=O)(O)OP(=O)(O)OP(=O)(O)O)[C@@H](O)[C@H]1F. The maximum Gasteiger partial charge on any atom is 0.490 e. The van der Waals surface area contributed by atoms with Crippen LogP contribution >= 0.6 is 23.5 Å². The zero-order valence-electron chi connectivity index (χ0n) is 15.9. The van der Waals surface area contributed by atoms with Gasteiger partial charge in [0.25, 0.3) is 0 Å². The predicted molar refractivity (Wildman–Crippen MR) is 101 cm³/mol. The number of hydrogen-bond acceptors (Lipinski definition) is 11. The summed E-state index contributed by atoms with van der Waals surface area (Å²) in [5, 5.41) is 10.3. The molecule has 1 saturated heterocycles. The number of nitrogens with two attached hydrogens (primary N) is 1. The molecule has 0 radical (unpaired) electrons. The number of aliphatic hydroxyl groups excluding tert-OH is 1. The highest BCUT2D eigenvalue weighted by Gasteiger charge is 2.58. The molecule has 0 aromatic rings. The van der Waals surface area contributed by atoms with Crippen molar-refractivity contribution in [3.8, 4) is 0 Å². The highest BCUT2D eigenvalue weighted by Crippen LogP contribution is 2.66. The van der Waals surface area contributed by atoms with E-state index in [9.17, 15) is 32.5 Å². The van der Waals surface area contributed by atoms with Crippen LogP contribution in [-0.4, -0.2) is 72.8 Å². The molecule has 0 aromatic heterocycles. The maximum absolute atomic E-state index is 14.8. The highest BCUT2D eigenvalue weighted by atomic mass is 31.3. The molecule has 15 nitrogen and oxygen atoms in total. The summed E-state index contributed by atoms with van der Waals surface area (Å²) in [5.41, 5.74) is 3.18. The Morgan fingerprint density at radius 2 is 1.88 bits per heavy atom. The van der Waals surface area contributed by atoms with Gasteiger partial charge >= 0.3 is 23.5 Å². The number of amidine groups is 1. The lowest BCUT2D eigenvalue weighted by atomic mass is 9.93. The minimum Gasteiger partial charge on any atom is -0.387 e. The second-order valence-electron chi connectivity index (χ2n) is 6.44. The van der Waals surface area contributed by atoms with Crippen molar-refractivity contribution in [2.24, 2.45) is 10.7 Å². The van der Waals surface area contributed by atoms with Crippen molar-refractivity contribution in [2.75, 3.05) is 13.3 Å². The molecule has 0 aromatic carbocycles. The molecular formula is C12H20F2N3O12P3. The minimum atomic E-state index is -5.82. The number of aliphatic imine (C=N–C) groups is 1. The second kappa shape index (κ2) is 9.66. The molecular weight excluding hydrogens is 509 g/mol. The van der Waals surface area contributed by atoms with Crippen LogP contribution < -0.4 is 5.73 Å². The van der Waals surface area contributed by atoms with Crippen molar-refractivity contribution >= 4 is 29.3 Å². The molecule has 0 bridgehead atoms. The standard InChI is InChI=1S/C12H20F2N3O12P3/c1-7-16-8(15)2-5-17(7)11-9(14)10(18)12(27-11,3-4-13)6-26-31(22,23)29-32(24,25)28-30(19,20)21/h2,5,9-11,18H,1,3-4,6H2,(H2,15,16)(H,22,23)(H,24,25)(H2,19,20,21)/t9-,10+,11-,12-/m1/s1. The van der Waals surface area contributed by atoms with Gasteiger partial charge in [-0.15, -0.1) is 0 Å². The predicted octanol–water partition coefficient (Wildman–Crippen LogP) is 0.141. The van der Waals surface area contributed by atoms with E-state index in [0.717, 1.165) is 4.90 Å². The number of phosphoric ester groups is 1. The monoisotopic (exact) mass is 529 g/mol. The van der Waals surface area contributed by atoms with E-state index in [1.807, 2.05) is 0 Å². The third-order valence-corrected chi connectivity index (χ3v) is 7.89. The lowest BCUT2D eigenvalue weighted by Gasteiger charge is -2.33. The fourth-order valence-corrected chi connectivity index (χ4v) is 5.88. The van der Waals surface area contributed by atoms with Gasteiger partial charge in [0.1, 0.15) is 23.4 Å². The summed E-state index contributed by atoms with van der Waals surface area (Å²) < 4.78 is 78.9. The molecule has 184 valence electrons. The first-order valence-corrected chi connectivity index (χ1v) is 12.9. The molecule has 2 rings (SSSR count). The van der Waals surface area contributed by atoms with Crippen LogP contribution in [0.1, 0.15) is 6.42 Å². The average Bonchev–Trinajstić information content (AvgIpc) is 2.83. The van der Waals surface area contributed by atoms with Crippen LogP contribution in [-0.2, 0) is 31.6 Å². The number of halogens is 2. The zero-order valence-corrected chi connectivity index (χ0v) is 18.6. The molecule has 2 heterocycles. The van der Waals surface area contributed by atoms with E-state index in [1.165, 1.54) is 12.3 Å². The van der Waals surface area contributed by atoms with Crippen molar-refractivity contribution < 1.29 is 65.0 Å². The van der Waals surface area contributed by atoms with Gasteiger partial charge in [0.2, 0.25) is 0 Å². The van der Waals surface area contributed by atoms with Crippen molar-refractivity contribution in [1.29, 1.82) is 0 Å². The summed E-state index contributed by atoms with van der Waals surface area (Å²) >= 11 is 0. The van der Waals surface area contributed by atoms with Gasteiger partial charge in [-0.2, -0.15) is 8.62 Å². The number of aliphatic hydroxyl groups is 1. The van der Waals surface area contributed by atoms with Crippen molar-refractivity contribution in [3.05, 3.63) is 24.7 Å². The molecule has 20 heteroatoms. The van der Waals surface area contributed by atoms with Crippen molar-refractivity contribution in [2.45, 2.75) is 30.5 Å². The Balaban J connectivity index is 2.19. The summed E-state index contributed by atoms with van der Waals surface area (Å²) in [7, 11) is -17.1. The third-order valence-electron chi connectivity index (χ3n) is 4.11. The molecule has 2 unspecified atom stereocenters. The van der Waals surface area contributed by atoms with E-state index in [2.05, 4.69) is 24.7 Å². The first-order valence-electron chi connectivity index (χ1n) is 8.35. The van der Waals surface area contributed by atoms with Crippen LogP contribution in [0.25, 0.3) is 0 Å². The molecule has 6 atom stereocenters. The van der Waals surface area contributed by atoms with Gasteiger partial charge < -0.3 is 40.1 Å². The number of nitrogens with zero attached hydrogens (tertiary/aromatic N) is 2. The normalized spacial score (nSPS) is 32.5. The number of alkyl halides is 2. The van der Waals surface area contributed by atoms with Gasteiger partial charge in [0.05, 0.1) is 13.3 Å². The molecule has 7 N–H and O–H groups in total. The quantitative estimate of drug-likeness (QED) is 0.207. The number of rotatable bonds is 10. The largest absolute Gasteiger partial charge is 0.490 e. The van der Waals surface area contributed by atoms with Gasteiger partial charge in [-0.25, -0.2) is 23.1 Å². The van der Waals surface area contributed by atoms with E-state index < -0.39 is 67.3 Å². The maximum atomic E-state index is 14.8. The minimum absolute atomic E-state index is 0.0304. The Bertz CT molecular complexity index is 943. The van der Waals surface area contributed by atoms with Crippen LogP contribution in [0.3, 0.4) is 0 Å². The van der Waals surface area contributed by atoms with Gasteiger partial charge in [-0.05, 0) is 6.08 Å². The lowest BCUT2D eigenvalue weighted by molar-refractivity contribution is -0.137. The Morgan fingerprint density at radius 3 is 2.41 bits per heavy atom. The van der Waals surface area contributed by atoms with Gasteiger partial charge in [-0.3, -0.25) is 8.91 Å². The average molecular weight is 529 g/mol. The van der Waals surface area contributed by atoms with Crippen LogP contribution in [0.15, 0.2) is 29.7 Å². The first-order chi connectivity index (χ1) is 14.5. The topological polar surface area (TPSA) is 231 Å². The van der Waals surface area contributed by atoms with E-state index in [4.69, 9.17) is 25.2 Å². The van der Waals surface area contributed by atoms with E-state index >= 15 is 0 Å². The Labute approximate surface area is 179 Å². The number of ether oxygens (including phenoxy) is 1. The summed E-state index contributed by atoms with van der Waals surface area (Å²) in [6.07, 6.45) is -4.35. The molecule has 0 amide bonds. The fraction of sp³-hybridized carbons (Fsp3) is 0.583. The molecule has 1 fully saturated rings. The van der Waals surface area contributed by atoms with Gasteiger partial charge in [0, 0.05) is 12.6 Å². The van der Waals surface area contributed by atoms with Crippen LogP contribution in [0.5, 0.6) is 0 Å². The molecule has 0 aliphatic carbocycles. The van der Waals surface area contributed by atoms with E-state index in [-0.39, 0.29) is 11.7 Å². The van der Waals surface area contributed by atoms with E-state index in [1.54, 1.807) is 0 Å². The van der Waals surface area contributed by atoms with E-state index in [0.29, 0.717) is 0 Å². The van der Waals surface area contributed by atoms with Crippen molar-refractivity contribution in [1.82, 2.24) is 4.90 Å². The summed E-state index contributed by atoms with van der Waals surface area (Å²) in [6.45, 7) is 1.05. The first kappa shape index (κ1) is 27.2. The van der Waals surface area contributed by atoms with Crippen LogP contribution in [0.2, 0.25) is 0 Å². The summed E-state index contributed by atoms with van der Waals surface area (Å²) in [5.74, 6) is -0.0725. The highest BCUT2D eigenvalue weighted by molar-refractivity contribution is 7.66. The van der Waals surface area contributed by atoms with Crippen LogP contribution in [0.4, 0.5) is 8.78 Å². The zero-order chi connectivity index (χ0) is 24.5. The third kappa shape index (κ3) is 6.73. The van der Waals surface area contributed by atoms with Gasteiger partial charge in [0.15, 0.2) is 12.4 Å². The lowest BCUT2D eigenvalue weighted by Crippen LogP contribution is -2.46. The number of hydrogen-bond donors (Lipinski definition) is 6. The molecule has 2 aliphatic heterocycles. The molecule has 32 heavy (non-hydrogen) atoms. The second-order valence-corrected chi connectivity index (χ2v) is 10.9. The molecule has 0 spiro atoms. The van der Waals surface area contributed by atoms with Crippen molar-refractivity contribution in [3.63, 3.8) is 0 Å². The molecule has 0 saturated carbocycles. The summed E-state index contributed by atoms with van der Waals surface area (Å²) in [6, 6.07) is 0. The Kier molecular flexibility index (Phi) is 8.21. The summed E-state index contributed by atoms with van der Waals surface area (Å²) in [4.78, 5) is 40.6. The fourth-order valence-electron chi connectivity index (χ4n) is 2.80. The van der Waals surface area contributed by atoms with Crippen LogP contribution in [0, 0.1) is 0 Å². The number of phosphoric acid groups is 3. The van der Waals surface area contributed by atoms with Gasteiger partial charge in [-0.1, -0.05) is 6.58 Å². The Morgan fingerprint density at radius 1 is 1.25 bits per heavy atom. The smallest absolute Gasteiger partial charge is 0.387 e.